The highest BCUT2D eigenvalue weighted by atomic mass is 32.1. The quantitative estimate of drug-likeness (QED) is 0.600. The predicted octanol–water partition coefficient (Wildman–Crippen LogP) is 2.74. The number of ether oxygens (including phenoxy) is 1. The minimum absolute atomic E-state index is 0.120. The highest BCUT2D eigenvalue weighted by molar-refractivity contribution is 7.10. The molecule has 94 valence electrons. The Labute approximate surface area is 106 Å². The SMILES string of the molecule is COC(=O)CCCNC(c1cccs1)C1CC1. The number of esters is 1. The molecule has 1 heterocycles. The minimum Gasteiger partial charge on any atom is -0.469 e. The molecule has 17 heavy (non-hydrogen) atoms. The van der Waals surface area contributed by atoms with Crippen LogP contribution in [-0.2, 0) is 9.53 Å². The van der Waals surface area contributed by atoms with Gasteiger partial charge in [0.1, 0.15) is 0 Å². The lowest BCUT2D eigenvalue weighted by atomic mass is 10.1. The van der Waals surface area contributed by atoms with Crippen molar-refractivity contribution in [3.8, 4) is 0 Å². The van der Waals surface area contributed by atoms with E-state index in [9.17, 15) is 4.79 Å². The van der Waals surface area contributed by atoms with E-state index >= 15 is 0 Å². The number of methoxy groups -OCH3 is 1. The second-order valence-electron chi connectivity index (χ2n) is 4.46. The molecule has 1 unspecified atom stereocenters. The molecule has 0 radical (unpaired) electrons. The Morgan fingerprint density at radius 1 is 1.65 bits per heavy atom. The molecule has 0 bridgehead atoms. The summed E-state index contributed by atoms with van der Waals surface area (Å²) < 4.78 is 4.62. The molecule has 1 aromatic rings. The van der Waals surface area contributed by atoms with Crippen molar-refractivity contribution in [3.05, 3.63) is 22.4 Å². The van der Waals surface area contributed by atoms with Crippen molar-refractivity contribution in [2.45, 2.75) is 31.7 Å². The lowest BCUT2D eigenvalue weighted by molar-refractivity contribution is -0.140. The number of rotatable bonds is 7. The number of carbonyl (C=O) groups excluding carboxylic acids is 1. The van der Waals surface area contributed by atoms with E-state index in [1.165, 1.54) is 24.8 Å². The van der Waals surface area contributed by atoms with Crippen molar-refractivity contribution < 1.29 is 9.53 Å². The zero-order valence-electron chi connectivity index (χ0n) is 10.1. The van der Waals surface area contributed by atoms with Crippen molar-refractivity contribution in [1.29, 1.82) is 0 Å². The summed E-state index contributed by atoms with van der Waals surface area (Å²) in [5.74, 6) is 0.678. The largest absolute Gasteiger partial charge is 0.469 e. The second-order valence-corrected chi connectivity index (χ2v) is 5.44. The first-order valence-electron chi connectivity index (χ1n) is 6.15. The van der Waals surface area contributed by atoms with Gasteiger partial charge >= 0.3 is 5.97 Å². The van der Waals surface area contributed by atoms with Gasteiger partial charge in [-0.05, 0) is 43.2 Å². The van der Waals surface area contributed by atoms with Crippen LogP contribution in [0.4, 0.5) is 0 Å². The molecule has 1 fully saturated rings. The molecule has 4 heteroatoms. The van der Waals surface area contributed by atoms with Crippen LogP contribution in [0.1, 0.15) is 36.6 Å². The molecule has 1 N–H and O–H groups in total. The lowest BCUT2D eigenvalue weighted by Gasteiger charge is -2.16. The van der Waals surface area contributed by atoms with Crippen LogP contribution in [0.5, 0.6) is 0 Å². The van der Waals surface area contributed by atoms with Crippen molar-refractivity contribution >= 4 is 17.3 Å². The van der Waals surface area contributed by atoms with Gasteiger partial charge in [0, 0.05) is 17.3 Å². The molecule has 1 aliphatic rings. The summed E-state index contributed by atoms with van der Waals surface area (Å²) in [5.41, 5.74) is 0. The Morgan fingerprint density at radius 2 is 2.47 bits per heavy atom. The third-order valence-corrected chi connectivity index (χ3v) is 4.05. The molecule has 3 nitrogen and oxygen atoms in total. The van der Waals surface area contributed by atoms with Crippen molar-refractivity contribution in [2.24, 2.45) is 5.92 Å². The second kappa shape index (κ2) is 6.17. The highest BCUT2D eigenvalue weighted by Gasteiger charge is 2.32. The fraction of sp³-hybridized carbons (Fsp3) is 0.615. The van der Waals surface area contributed by atoms with Crippen LogP contribution in [0.15, 0.2) is 17.5 Å². The zero-order chi connectivity index (χ0) is 12.1. The van der Waals surface area contributed by atoms with E-state index in [1.807, 2.05) is 11.3 Å². The average molecular weight is 253 g/mol. The maximum Gasteiger partial charge on any atom is 0.305 e. The van der Waals surface area contributed by atoms with Crippen LogP contribution in [0.3, 0.4) is 0 Å². The standard InChI is InChI=1S/C13H19NO2S/c1-16-12(15)5-2-8-14-13(10-6-7-10)11-4-3-9-17-11/h3-4,9-10,13-14H,2,5-8H2,1H3. The summed E-state index contributed by atoms with van der Waals surface area (Å²) in [7, 11) is 1.44. The molecule has 0 aromatic carbocycles. The molecule has 0 spiro atoms. The predicted molar refractivity (Wildman–Crippen MR) is 69.0 cm³/mol. The van der Waals surface area contributed by atoms with E-state index in [-0.39, 0.29) is 5.97 Å². The van der Waals surface area contributed by atoms with Crippen molar-refractivity contribution in [1.82, 2.24) is 5.32 Å². The molecule has 1 aliphatic carbocycles. The molecule has 0 aliphatic heterocycles. The molecule has 1 saturated carbocycles. The topological polar surface area (TPSA) is 38.3 Å². The molecular weight excluding hydrogens is 234 g/mol. The van der Waals surface area contributed by atoms with Crippen LogP contribution >= 0.6 is 11.3 Å². The monoisotopic (exact) mass is 253 g/mol. The van der Waals surface area contributed by atoms with Crippen molar-refractivity contribution in [2.75, 3.05) is 13.7 Å². The Bertz CT molecular complexity index is 346. The van der Waals surface area contributed by atoms with E-state index < -0.39 is 0 Å². The summed E-state index contributed by atoms with van der Waals surface area (Å²) in [4.78, 5) is 12.4. The van der Waals surface area contributed by atoms with Crippen LogP contribution in [-0.4, -0.2) is 19.6 Å². The Kier molecular flexibility index (Phi) is 4.57. The van der Waals surface area contributed by atoms with Gasteiger partial charge in [0.15, 0.2) is 0 Å². The van der Waals surface area contributed by atoms with Crippen LogP contribution in [0, 0.1) is 5.92 Å². The van der Waals surface area contributed by atoms with E-state index in [4.69, 9.17) is 0 Å². The number of carbonyl (C=O) groups is 1. The maximum atomic E-state index is 11.0. The Hall–Kier alpha value is -0.870. The summed E-state index contributed by atoms with van der Waals surface area (Å²) in [6, 6.07) is 4.79. The molecule has 1 atom stereocenters. The zero-order valence-corrected chi connectivity index (χ0v) is 11.0. The minimum atomic E-state index is -0.120. The van der Waals surface area contributed by atoms with Gasteiger partial charge in [-0.3, -0.25) is 4.79 Å². The van der Waals surface area contributed by atoms with E-state index in [2.05, 4.69) is 27.6 Å². The summed E-state index contributed by atoms with van der Waals surface area (Å²) in [6.45, 7) is 0.883. The maximum absolute atomic E-state index is 11.0. The Morgan fingerprint density at radius 3 is 3.06 bits per heavy atom. The molecule has 1 aromatic heterocycles. The van der Waals surface area contributed by atoms with Gasteiger partial charge in [-0.15, -0.1) is 11.3 Å². The number of hydrogen-bond acceptors (Lipinski definition) is 4. The Balaban J connectivity index is 1.73. The average Bonchev–Trinajstić information content (AvgIpc) is 3.03. The van der Waals surface area contributed by atoms with Crippen molar-refractivity contribution in [3.63, 3.8) is 0 Å². The van der Waals surface area contributed by atoms with Gasteiger partial charge in [-0.2, -0.15) is 0 Å². The molecular formula is C13H19NO2S. The third kappa shape index (κ3) is 3.82. The van der Waals surface area contributed by atoms with E-state index in [0.29, 0.717) is 12.5 Å². The van der Waals surface area contributed by atoms with Gasteiger partial charge in [0.05, 0.1) is 7.11 Å². The first-order valence-corrected chi connectivity index (χ1v) is 7.03. The van der Waals surface area contributed by atoms with Crippen LogP contribution in [0.25, 0.3) is 0 Å². The third-order valence-electron chi connectivity index (χ3n) is 3.09. The fourth-order valence-corrected chi connectivity index (χ4v) is 2.88. The fourth-order valence-electron chi connectivity index (χ4n) is 1.99. The molecule has 0 saturated heterocycles. The highest BCUT2D eigenvalue weighted by Crippen LogP contribution is 2.42. The van der Waals surface area contributed by atoms with Gasteiger partial charge < -0.3 is 10.1 Å². The van der Waals surface area contributed by atoms with Gasteiger partial charge in [0.2, 0.25) is 0 Å². The summed E-state index contributed by atoms with van der Waals surface area (Å²) in [6.07, 6.45) is 4.01. The molecule has 2 rings (SSSR count). The number of nitrogens with one attached hydrogen (secondary N) is 1. The van der Waals surface area contributed by atoms with E-state index in [1.54, 1.807) is 0 Å². The van der Waals surface area contributed by atoms with E-state index in [0.717, 1.165) is 18.9 Å². The molecule has 0 amide bonds. The van der Waals surface area contributed by atoms with Gasteiger partial charge in [0.25, 0.3) is 0 Å². The number of hydrogen-bond donors (Lipinski definition) is 1. The number of thiophene rings is 1. The summed E-state index contributed by atoms with van der Waals surface area (Å²) in [5, 5.41) is 5.69. The smallest absolute Gasteiger partial charge is 0.305 e. The van der Waals surface area contributed by atoms with Crippen LogP contribution in [0.2, 0.25) is 0 Å². The summed E-state index contributed by atoms with van der Waals surface area (Å²) >= 11 is 1.81. The lowest BCUT2D eigenvalue weighted by Crippen LogP contribution is -2.24. The normalized spacial score (nSPS) is 16.8. The first kappa shape index (κ1) is 12.6. The van der Waals surface area contributed by atoms with Crippen LogP contribution < -0.4 is 5.32 Å². The first-order chi connectivity index (χ1) is 8.31. The van der Waals surface area contributed by atoms with Gasteiger partial charge in [-0.25, -0.2) is 0 Å². The van der Waals surface area contributed by atoms with Gasteiger partial charge in [-0.1, -0.05) is 6.07 Å².